The van der Waals surface area contributed by atoms with E-state index in [4.69, 9.17) is 0 Å². The number of nitro benzene ring substituents is 1. The maximum absolute atomic E-state index is 12.3. The molecule has 0 bridgehead atoms. The number of phenolic OH excluding ortho intramolecular Hbond substituents is 1. The van der Waals surface area contributed by atoms with Crippen LogP contribution in [0.4, 0.5) is 5.69 Å². The number of hydrazone groups is 1. The second-order valence-electron chi connectivity index (χ2n) is 5.67. The van der Waals surface area contributed by atoms with Gasteiger partial charge in [0.2, 0.25) is 0 Å². The molecule has 7 nitrogen and oxygen atoms in total. The van der Waals surface area contributed by atoms with Crippen LogP contribution in [0.1, 0.15) is 21.5 Å². The highest BCUT2D eigenvalue weighted by Gasteiger charge is 2.15. The Morgan fingerprint density at radius 2 is 1.96 bits per heavy atom. The molecule has 0 atom stereocenters. The van der Waals surface area contributed by atoms with Gasteiger partial charge in [-0.1, -0.05) is 36.4 Å². The summed E-state index contributed by atoms with van der Waals surface area (Å²) in [5, 5.41) is 26.6. The number of hydrogen-bond acceptors (Lipinski definition) is 5. The molecule has 3 rings (SSSR count). The molecule has 1 amide bonds. The molecular formula is C19H15N3O4. The molecule has 130 valence electrons. The van der Waals surface area contributed by atoms with Gasteiger partial charge in [-0.05, 0) is 29.3 Å². The number of amides is 1. The minimum Gasteiger partial charge on any atom is -0.507 e. The van der Waals surface area contributed by atoms with Gasteiger partial charge in [-0.3, -0.25) is 14.9 Å². The second-order valence-corrected chi connectivity index (χ2v) is 5.67. The van der Waals surface area contributed by atoms with Crippen LogP contribution in [0.3, 0.4) is 0 Å². The predicted molar refractivity (Wildman–Crippen MR) is 98.5 cm³/mol. The van der Waals surface area contributed by atoms with Crippen LogP contribution >= 0.6 is 0 Å². The lowest BCUT2D eigenvalue weighted by Gasteiger charge is -2.09. The third-order valence-electron chi connectivity index (χ3n) is 3.98. The van der Waals surface area contributed by atoms with Gasteiger partial charge >= 0.3 is 0 Å². The van der Waals surface area contributed by atoms with Crippen molar-refractivity contribution in [3.8, 4) is 5.75 Å². The Kier molecular flexibility index (Phi) is 4.62. The lowest BCUT2D eigenvalue weighted by atomic mass is 10.00. The predicted octanol–water partition coefficient (Wildman–Crippen LogP) is 3.53. The first kappa shape index (κ1) is 17.1. The summed E-state index contributed by atoms with van der Waals surface area (Å²) in [4.78, 5) is 22.6. The van der Waals surface area contributed by atoms with Crippen LogP contribution in [0, 0.1) is 17.0 Å². The van der Waals surface area contributed by atoms with Gasteiger partial charge in [-0.2, -0.15) is 5.10 Å². The number of aryl methyl sites for hydroxylation is 1. The maximum atomic E-state index is 12.3. The zero-order chi connectivity index (χ0) is 18.7. The van der Waals surface area contributed by atoms with Crippen LogP contribution in [0.5, 0.6) is 5.75 Å². The van der Waals surface area contributed by atoms with Gasteiger partial charge < -0.3 is 5.11 Å². The molecule has 26 heavy (non-hydrogen) atoms. The van der Waals surface area contributed by atoms with Crippen molar-refractivity contribution in [3.63, 3.8) is 0 Å². The molecule has 0 unspecified atom stereocenters. The molecule has 0 aliphatic heterocycles. The van der Waals surface area contributed by atoms with Crippen molar-refractivity contribution in [1.82, 2.24) is 5.43 Å². The highest BCUT2D eigenvalue weighted by atomic mass is 16.6. The van der Waals surface area contributed by atoms with E-state index < -0.39 is 10.8 Å². The summed E-state index contributed by atoms with van der Waals surface area (Å²) < 4.78 is 0. The molecule has 0 aliphatic rings. The minimum atomic E-state index is -0.571. The molecule has 0 saturated carbocycles. The van der Waals surface area contributed by atoms with E-state index in [0.717, 1.165) is 10.8 Å². The van der Waals surface area contributed by atoms with E-state index >= 15 is 0 Å². The van der Waals surface area contributed by atoms with Crippen molar-refractivity contribution in [2.75, 3.05) is 0 Å². The summed E-state index contributed by atoms with van der Waals surface area (Å²) in [7, 11) is 0. The molecule has 2 N–H and O–H groups in total. The van der Waals surface area contributed by atoms with Crippen LogP contribution in [-0.2, 0) is 0 Å². The monoisotopic (exact) mass is 349 g/mol. The van der Waals surface area contributed by atoms with E-state index in [-0.39, 0.29) is 17.0 Å². The highest BCUT2D eigenvalue weighted by molar-refractivity contribution is 6.03. The molecule has 0 saturated heterocycles. The van der Waals surface area contributed by atoms with Gasteiger partial charge in [0.1, 0.15) is 5.75 Å². The van der Waals surface area contributed by atoms with Gasteiger partial charge in [0, 0.05) is 17.7 Å². The number of benzene rings is 3. The summed E-state index contributed by atoms with van der Waals surface area (Å²) in [6.07, 6.45) is 1.30. The number of carbonyl (C=O) groups excluding carboxylic acids is 1. The Morgan fingerprint density at radius 3 is 2.73 bits per heavy atom. The minimum absolute atomic E-state index is 0.0666. The van der Waals surface area contributed by atoms with E-state index in [2.05, 4.69) is 10.5 Å². The summed E-state index contributed by atoms with van der Waals surface area (Å²) in [5.74, 6) is -0.676. The average molecular weight is 349 g/mol. The molecule has 0 spiro atoms. The van der Waals surface area contributed by atoms with Crippen molar-refractivity contribution >= 4 is 28.6 Å². The van der Waals surface area contributed by atoms with Gasteiger partial charge in [0.25, 0.3) is 11.6 Å². The summed E-state index contributed by atoms with van der Waals surface area (Å²) in [6.45, 7) is 1.74. The first-order valence-corrected chi connectivity index (χ1v) is 7.76. The third kappa shape index (κ3) is 3.36. The van der Waals surface area contributed by atoms with E-state index in [1.165, 1.54) is 24.4 Å². The number of nitro groups is 1. The SMILES string of the molecule is Cc1c(O)c(C(=O)NN=Cc2cccc([N+](=O)[O-])c2)cc2ccccc12. The molecule has 0 aromatic heterocycles. The summed E-state index contributed by atoms with van der Waals surface area (Å²) >= 11 is 0. The van der Waals surface area contributed by atoms with Gasteiger partial charge in [0.05, 0.1) is 16.7 Å². The van der Waals surface area contributed by atoms with Crippen molar-refractivity contribution in [2.24, 2.45) is 5.10 Å². The maximum Gasteiger partial charge on any atom is 0.275 e. The molecule has 3 aromatic carbocycles. The molecule has 0 fully saturated rings. The van der Waals surface area contributed by atoms with E-state index in [1.54, 1.807) is 19.1 Å². The van der Waals surface area contributed by atoms with Crippen LogP contribution in [0.2, 0.25) is 0 Å². The fraction of sp³-hybridized carbons (Fsp3) is 0.0526. The number of phenols is 1. The topological polar surface area (TPSA) is 105 Å². The third-order valence-corrected chi connectivity index (χ3v) is 3.98. The van der Waals surface area contributed by atoms with Gasteiger partial charge in [-0.15, -0.1) is 0 Å². The molecule has 0 radical (unpaired) electrons. The number of aromatic hydroxyl groups is 1. The largest absolute Gasteiger partial charge is 0.507 e. The van der Waals surface area contributed by atoms with Gasteiger partial charge in [-0.25, -0.2) is 5.43 Å². The molecule has 7 heteroatoms. The van der Waals surface area contributed by atoms with Crippen LogP contribution in [0.15, 0.2) is 59.7 Å². The number of fused-ring (bicyclic) bond motifs is 1. The Bertz CT molecular complexity index is 1040. The fourth-order valence-electron chi connectivity index (χ4n) is 2.64. The Balaban J connectivity index is 1.82. The van der Waals surface area contributed by atoms with Crippen molar-refractivity contribution in [3.05, 3.63) is 81.4 Å². The average Bonchev–Trinajstić information content (AvgIpc) is 2.64. The zero-order valence-electron chi connectivity index (χ0n) is 13.8. The van der Waals surface area contributed by atoms with Crippen LogP contribution < -0.4 is 5.43 Å². The molecular weight excluding hydrogens is 334 g/mol. The molecule has 3 aromatic rings. The Labute approximate surface area is 148 Å². The van der Waals surface area contributed by atoms with Crippen LogP contribution in [0.25, 0.3) is 10.8 Å². The second kappa shape index (κ2) is 7.02. The highest BCUT2D eigenvalue weighted by Crippen LogP contribution is 2.30. The first-order chi connectivity index (χ1) is 12.5. The fourth-order valence-corrected chi connectivity index (χ4v) is 2.64. The lowest BCUT2D eigenvalue weighted by molar-refractivity contribution is -0.384. The number of rotatable bonds is 4. The quantitative estimate of drug-likeness (QED) is 0.427. The van der Waals surface area contributed by atoms with Crippen molar-refractivity contribution < 1.29 is 14.8 Å². The van der Waals surface area contributed by atoms with Gasteiger partial charge in [0.15, 0.2) is 0 Å². The van der Waals surface area contributed by atoms with E-state index in [9.17, 15) is 20.0 Å². The Hall–Kier alpha value is -3.74. The van der Waals surface area contributed by atoms with Crippen LogP contribution in [-0.4, -0.2) is 22.2 Å². The first-order valence-electron chi connectivity index (χ1n) is 7.76. The smallest absolute Gasteiger partial charge is 0.275 e. The zero-order valence-corrected chi connectivity index (χ0v) is 13.8. The standard InChI is InChI=1S/C19H15N3O4/c1-12-16-8-3-2-6-14(16)10-17(18(12)23)19(24)21-20-11-13-5-4-7-15(9-13)22(25)26/h2-11,23H,1H3,(H,21,24). The number of non-ortho nitro benzene ring substituents is 1. The molecule has 0 aliphatic carbocycles. The Morgan fingerprint density at radius 1 is 1.19 bits per heavy atom. The lowest BCUT2D eigenvalue weighted by Crippen LogP contribution is -2.18. The van der Waals surface area contributed by atoms with Crippen molar-refractivity contribution in [1.29, 1.82) is 0 Å². The molecule has 0 heterocycles. The van der Waals surface area contributed by atoms with E-state index in [0.29, 0.717) is 11.1 Å². The summed E-state index contributed by atoms with van der Waals surface area (Å²) in [5.41, 5.74) is 3.45. The number of hydrogen-bond donors (Lipinski definition) is 2. The number of nitrogens with one attached hydrogen (secondary N) is 1. The normalized spacial score (nSPS) is 11.0. The van der Waals surface area contributed by atoms with Crippen molar-refractivity contribution in [2.45, 2.75) is 6.92 Å². The number of nitrogens with zero attached hydrogens (tertiary/aromatic N) is 2. The number of carbonyl (C=O) groups is 1. The van der Waals surface area contributed by atoms with E-state index in [1.807, 2.05) is 24.3 Å². The summed E-state index contributed by atoms with van der Waals surface area (Å²) in [6, 6.07) is 14.9.